The number of rotatable bonds is 0. The molecule has 0 aromatic carbocycles. The third-order valence-corrected chi connectivity index (χ3v) is 3.89. The fraction of sp³-hybridized carbons (Fsp3) is 1.00. The summed E-state index contributed by atoms with van der Waals surface area (Å²) >= 11 is 13.4. The highest BCUT2D eigenvalue weighted by Crippen LogP contribution is 2.28. The summed E-state index contributed by atoms with van der Waals surface area (Å²) in [5.74, 6) is 0. The first-order chi connectivity index (χ1) is 4.70. The van der Waals surface area contributed by atoms with Crippen molar-refractivity contribution in [2.75, 3.05) is 0 Å². The van der Waals surface area contributed by atoms with Crippen molar-refractivity contribution in [3.63, 3.8) is 0 Å². The number of hydrogen-bond acceptors (Lipinski definition) is 3. The zero-order valence-corrected chi connectivity index (χ0v) is 8.59. The molecule has 1 fully saturated rings. The second-order valence-corrected chi connectivity index (χ2v) is 5.01. The normalized spacial score (nSPS) is 42.9. The van der Waals surface area contributed by atoms with Crippen LogP contribution >= 0.6 is 37.9 Å². The van der Waals surface area contributed by atoms with E-state index >= 15 is 0 Å². The van der Waals surface area contributed by atoms with Crippen molar-refractivity contribution >= 4 is 37.9 Å². The molecule has 0 nitrogen and oxygen atoms in total. The van der Waals surface area contributed by atoms with E-state index in [-0.39, 0.29) is 0 Å². The summed E-state index contributed by atoms with van der Waals surface area (Å²) in [6.07, 6.45) is 4.81. The molecular weight excluding hydrogens is 180 g/mol. The Morgan fingerprint density at radius 1 is 0.900 bits per heavy atom. The largest absolute Gasteiger partial charge is 0.176 e. The van der Waals surface area contributed by atoms with Crippen molar-refractivity contribution in [1.29, 1.82) is 0 Å². The first-order valence-corrected chi connectivity index (χ1v) is 5.29. The second kappa shape index (κ2) is 4.17. The van der Waals surface area contributed by atoms with Gasteiger partial charge in [-0.3, -0.25) is 0 Å². The van der Waals surface area contributed by atoms with E-state index in [1.54, 1.807) is 0 Å². The first-order valence-electron chi connectivity index (χ1n) is 3.74. The van der Waals surface area contributed by atoms with Crippen molar-refractivity contribution in [3.05, 3.63) is 0 Å². The summed E-state index contributed by atoms with van der Waals surface area (Å²) in [7, 11) is 0. The van der Waals surface area contributed by atoms with Crippen molar-refractivity contribution in [3.8, 4) is 0 Å². The standard InChI is InChI=1S/C7H14S3/c8-5-2-1-3-6(9)7(10)4-5/h5-10H,1-4H2. The van der Waals surface area contributed by atoms with Crippen LogP contribution < -0.4 is 0 Å². The van der Waals surface area contributed by atoms with Crippen LogP contribution in [0, 0.1) is 0 Å². The molecule has 1 rings (SSSR count). The Kier molecular flexibility index (Phi) is 3.81. The Morgan fingerprint density at radius 2 is 1.60 bits per heavy atom. The molecule has 3 atom stereocenters. The van der Waals surface area contributed by atoms with Crippen LogP contribution in [0.1, 0.15) is 25.7 Å². The topological polar surface area (TPSA) is 0 Å². The molecule has 3 unspecified atom stereocenters. The van der Waals surface area contributed by atoms with Gasteiger partial charge in [-0.25, -0.2) is 0 Å². The van der Waals surface area contributed by atoms with Gasteiger partial charge in [0, 0.05) is 15.7 Å². The Hall–Kier alpha value is 1.05. The third kappa shape index (κ3) is 2.59. The van der Waals surface area contributed by atoms with E-state index in [9.17, 15) is 0 Å². The molecule has 0 heterocycles. The van der Waals surface area contributed by atoms with Crippen LogP contribution in [0.15, 0.2) is 0 Å². The Balaban J connectivity index is 2.41. The fourth-order valence-electron chi connectivity index (χ4n) is 1.31. The van der Waals surface area contributed by atoms with Gasteiger partial charge in [-0.15, -0.1) is 0 Å². The van der Waals surface area contributed by atoms with Crippen LogP contribution in [0.2, 0.25) is 0 Å². The lowest BCUT2D eigenvalue weighted by Gasteiger charge is -2.14. The van der Waals surface area contributed by atoms with Gasteiger partial charge in [0.1, 0.15) is 0 Å². The van der Waals surface area contributed by atoms with Crippen molar-refractivity contribution < 1.29 is 0 Å². The number of thiol groups is 3. The summed E-state index contributed by atoms with van der Waals surface area (Å²) in [4.78, 5) is 0. The smallest absolute Gasteiger partial charge is 0.0144 e. The molecule has 1 aliphatic carbocycles. The molecule has 0 amide bonds. The SMILES string of the molecule is SC1CCCC(S)C(S)C1. The molecule has 0 saturated heterocycles. The average Bonchev–Trinajstić information content (AvgIpc) is 1.96. The van der Waals surface area contributed by atoms with Crippen LogP contribution in [0.4, 0.5) is 0 Å². The Bertz CT molecular complexity index is 105. The van der Waals surface area contributed by atoms with E-state index in [4.69, 9.17) is 0 Å². The molecule has 1 saturated carbocycles. The van der Waals surface area contributed by atoms with Gasteiger partial charge >= 0.3 is 0 Å². The maximum Gasteiger partial charge on any atom is 0.0144 e. The van der Waals surface area contributed by atoms with Gasteiger partial charge in [0.25, 0.3) is 0 Å². The lowest BCUT2D eigenvalue weighted by atomic mass is 10.2. The summed E-state index contributed by atoms with van der Waals surface area (Å²) in [6.45, 7) is 0. The highest BCUT2D eigenvalue weighted by molar-refractivity contribution is 7.85. The highest BCUT2D eigenvalue weighted by atomic mass is 32.1. The zero-order chi connectivity index (χ0) is 7.56. The molecule has 0 aromatic heterocycles. The summed E-state index contributed by atoms with van der Waals surface area (Å²) in [5.41, 5.74) is 0. The van der Waals surface area contributed by atoms with Gasteiger partial charge in [-0.2, -0.15) is 37.9 Å². The molecule has 1 aliphatic rings. The van der Waals surface area contributed by atoms with Gasteiger partial charge in [-0.1, -0.05) is 6.42 Å². The molecule has 10 heavy (non-hydrogen) atoms. The zero-order valence-electron chi connectivity index (χ0n) is 5.90. The molecule has 0 bridgehead atoms. The molecule has 0 aliphatic heterocycles. The molecule has 0 aromatic rings. The summed E-state index contributed by atoms with van der Waals surface area (Å²) < 4.78 is 0. The summed E-state index contributed by atoms with van der Waals surface area (Å²) in [6, 6.07) is 0. The van der Waals surface area contributed by atoms with Crippen molar-refractivity contribution in [1.82, 2.24) is 0 Å². The van der Waals surface area contributed by atoms with Crippen molar-refractivity contribution in [2.24, 2.45) is 0 Å². The molecule has 3 heteroatoms. The molecule has 0 N–H and O–H groups in total. The van der Waals surface area contributed by atoms with Gasteiger partial charge in [0.05, 0.1) is 0 Å². The average molecular weight is 194 g/mol. The van der Waals surface area contributed by atoms with Gasteiger partial charge in [0.2, 0.25) is 0 Å². The maximum absolute atomic E-state index is 4.46. The highest BCUT2D eigenvalue weighted by Gasteiger charge is 2.20. The molecule has 60 valence electrons. The predicted octanol–water partition coefficient (Wildman–Crippen LogP) is 2.46. The van der Waals surface area contributed by atoms with Gasteiger partial charge < -0.3 is 0 Å². The second-order valence-electron chi connectivity index (χ2n) is 2.96. The van der Waals surface area contributed by atoms with Crippen LogP contribution in [0.25, 0.3) is 0 Å². The van der Waals surface area contributed by atoms with Gasteiger partial charge in [-0.05, 0) is 19.3 Å². The molecular formula is C7H14S3. The minimum Gasteiger partial charge on any atom is -0.176 e. The lowest BCUT2D eigenvalue weighted by Crippen LogP contribution is -2.15. The minimum absolute atomic E-state index is 0.452. The Morgan fingerprint density at radius 3 is 2.30 bits per heavy atom. The van der Waals surface area contributed by atoms with Crippen LogP contribution in [-0.4, -0.2) is 15.7 Å². The minimum atomic E-state index is 0.452. The van der Waals surface area contributed by atoms with Crippen LogP contribution in [0.3, 0.4) is 0 Å². The maximum atomic E-state index is 4.46. The monoisotopic (exact) mass is 194 g/mol. The first kappa shape index (κ1) is 9.14. The quantitative estimate of drug-likeness (QED) is 0.383. The van der Waals surface area contributed by atoms with E-state index in [0.717, 1.165) is 6.42 Å². The predicted molar refractivity (Wildman–Crippen MR) is 56.8 cm³/mol. The molecule has 0 spiro atoms. The van der Waals surface area contributed by atoms with E-state index in [1.165, 1.54) is 19.3 Å². The fourth-order valence-corrected chi connectivity index (χ4v) is 2.59. The van der Waals surface area contributed by atoms with E-state index < -0.39 is 0 Å². The van der Waals surface area contributed by atoms with Gasteiger partial charge in [0.15, 0.2) is 0 Å². The third-order valence-electron chi connectivity index (χ3n) is 1.99. The van der Waals surface area contributed by atoms with Crippen LogP contribution in [-0.2, 0) is 0 Å². The summed E-state index contributed by atoms with van der Waals surface area (Å²) in [5, 5.41) is 1.49. The Labute approximate surface area is 79.4 Å². The molecule has 0 radical (unpaired) electrons. The van der Waals surface area contributed by atoms with E-state index in [1.807, 2.05) is 0 Å². The van der Waals surface area contributed by atoms with Crippen molar-refractivity contribution in [2.45, 2.75) is 41.4 Å². The number of hydrogen-bond donors (Lipinski definition) is 3. The van der Waals surface area contributed by atoms with E-state index in [0.29, 0.717) is 15.7 Å². The lowest BCUT2D eigenvalue weighted by molar-refractivity contribution is 0.720. The van der Waals surface area contributed by atoms with Crippen LogP contribution in [0.5, 0.6) is 0 Å². The van der Waals surface area contributed by atoms with E-state index in [2.05, 4.69) is 37.9 Å².